The maximum Gasteiger partial charge on any atom is 0.269 e. The number of fused-ring (bicyclic) bond motifs is 1. The van der Waals surface area contributed by atoms with Crippen molar-refractivity contribution in [3.8, 4) is 0 Å². The Morgan fingerprint density at radius 2 is 1.71 bits per heavy atom. The molecule has 2 heterocycles. The lowest BCUT2D eigenvalue weighted by Crippen LogP contribution is -2.52. The molecule has 5 rings (SSSR count). The molecule has 2 N–H and O–H groups in total. The van der Waals surface area contributed by atoms with Crippen molar-refractivity contribution in [2.24, 2.45) is 0 Å². The zero-order valence-electron chi connectivity index (χ0n) is 17.8. The first-order valence-corrected chi connectivity index (χ1v) is 11.5. The Kier molecular flexibility index (Phi) is 6.00. The fraction of sp³-hybridized carbons (Fsp3) is 0.160. The number of benzene rings is 3. The van der Waals surface area contributed by atoms with Crippen molar-refractivity contribution in [3.05, 3.63) is 116 Å². The predicted molar refractivity (Wildman–Crippen MR) is 131 cm³/mol. The number of nitrogens with one attached hydrogen (secondary N) is 2. The summed E-state index contributed by atoms with van der Waals surface area (Å²) in [6.07, 6.45) is 1.80. The summed E-state index contributed by atoms with van der Waals surface area (Å²) in [5.74, 6) is -0.335. The van der Waals surface area contributed by atoms with Crippen LogP contribution in [0.5, 0.6) is 0 Å². The molecule has 172 valence electrons. The molecule has 0 aromatic heterocycles. The molecule has 3 atom stereocenters. The van der Waals surface area contributed by atoms with Crippen molar-refractivity contribution in [3.63, 3.8) is 0 Å². The zero-order chi connectivity index (χ0) is 23.8. The van der Waals surface area contributed by atoms with Gasteiger partial charge in [-0.3, -0.25) is 19.9 Å². The van der Waals surface area contributed by atoms with Crippen molar-refractivity contribution in [2.75, 3.05) is 0 Å². The molecular formula is C25H20Cl2N4O3. The Balaban J connectivity index is 1.50. The number of nitro groups is 1. The van der Waals surface area contributed by atoms with Gasteiger partial charge in [0.2, 0.25) is 0 Å². The van der Waals surface area contributed by atoms with Crippen LogP contribution in [0.2, 0.25) is 10.0 Å². The van der Waals surface area contributed by atoms with E-state index in [1.807, 2.05) is 30.3 Å². The summed E-state index contributed by atoms with van der Waals surface area (Å²) < 4.78 is 0. The highest BCUT2D eigenvalue weighted by Crippen LogP contribution is 2.38. The predicted octanol–water partition coefficient (Wildman–Crippen LogP) is 4.91. The first-order valence-electron chi connectivity index (χ1n) is 10.7. The molecular weight excluding hydrogens is 475 g/mol. The monoisotopic (exact) mass is 494 g/mol. The van der Waals surface area contributed by atoms with Gasteiger partial charge in [-0.25, -0.2) is 5.43 Å². The van der Waals surface area contributed by atoms with Gasteiger partial charge >= 0.3 is 0 Å². The number of non-ortho nitro benzene ring substituents is 1. The van der Waals surface area contributed by atoms with Gasteiger partial charge in [-0.05, 0) is 47.4 Å². The fourth-order valence-corrected chi connectivity index (χ4v) is 4.88. The van der Waals surface area contributed by atoms with E-state index >= 15 is 0 Å². The van der Waals surface area contributed by atoms with Crippen LogP contribution in [0.25, 0.3) is 5.70 Å². The lowest BCUT2D eigenvalue weighted by atomic mass is 9.86. The molecule has 3 aromatic carbocycles. The second-order valence-electron chi connectivity index (χ2n) is 8.28. The molecule has 0 aliphatic carbocycles. The average Bonchev–Trinajstić information content (AvgIpc) is 3.20. The van der Waals surface area contributed by atoms with Crippen LogP contribution < -0.4 is 10.7 Å². The number of carbonyl (C=O) groups excluding carboxylic acids is 1. The zero-order valence-corrected chi connectivity index (χ0v) is 19.3. The molecule has 34 heavy (non-hydrogen) atoms. The van der Waals surface area contributed by atoms with Crippen LogP contribution in [0.3, 0.4) is 0 Å². The minimum Gasteiger partial charge on any atom is -0.363 e. The molecule has 2 aliphatic heterocycles. The van der Waals surface area contributed by atoms with Crippen LogP contribution in [-0.2, 0) is 11.2 Å². The highest BCUT2D eigenvalue weighted by atomic mass is 35.5. The Labute approximate surface area is 206 Å². The van der Waals surface area contributed by atoms with Crippen LogP contribution in [-0.4, -0.2) is 28.0 Å². The third kappa shape index (κ3) is 4.25. The van der Waals surface area contributed by atoms with E-state index in [1.54, 1.807) is 23.2 Å². The number of amides is 1. The van der Waals surface area contributed by atoms with E-state index in [1.165, 1.54) is 18.2 Å². The second-order valence-corrected chi connectivity index (χ2v) is 9.10. The van der Waals surface area contributed by atoms with Crippen molar-refractivity contribution in [1.29, 1.82) is 0 Å². The van der Waals surface area contributed by atoms with E-state index in [2.05, 4.69) is 22.9 Å². The summed E-state index contributed by atoms with van der Waals surface area (Å²) in [5, 5.41) is 17.0. The summed E-state index contributed by atoms with van der Waals surface area (Å²) >= 11 is 12.5. The van der Waals surface area contributed by atoms with E-state index in [-0.39, 0.29) is 23.6 Å². The van der Waals surface area contributed by atoms with Crippen LogP contribution in [0, 0.1) is 10.1 Å². The maximum atomic E-state index is 13.1. The Morgan fingerprint density at radius 3 is 2.38 bits per heavy atom. The third-order valence-corrected chi connectivity index (χ3v) is 6.92. The number of hydrazine groups is 1. The van der Waals surface area contributed by atoms with Gasteiger partial charge in [0.05, 0.1) is 15.0 Å². The second kappa shape index (κ2) is 9.10. The average molecular weight is 495 g/mol. The Morgan fingerprint density at radius 1 is 0.971 bits per heavy atom. The van der Waals surface area contributed by atoms with Crippen molar-refractivity contribution in [2.45, 2.75) is 24.5 Å². The molecule has 0 radical (unpaired) electrons. The van der Waals surface area contributed by atoms with Crippen LogP contribution in [0.4, 0.5) is 5.69 Å². The SMILES string of the molecule is O=C1C=C(c2ccc([N+](=O)[O-])cc2)NC2C(c3ccc(Cl)c(Cl)c3)C(Cc3ccccc3)NN12. The molecule has 3 aromatic rings. The summed E-state index contributed by atoms with van der Waals surface area (Å²) in [5.41, 5.74) is 6.76. The van der Waals surface area contributed by atoms with Crippen LogP contribution in [0.15, 0.2) is 78.9 Å². The van der Waals surface area contributed by atoms with Gasteiger partial charge in [0.25, 0.3) is 11.6 Å². The van der Waals surface area contributed by atoms with Crippen LogP contribution in [0.1, 0.15) is 22.6 Å². The molecule has 9 heteroatoms. The van der Waals surface area contributed by atoms with E-state index in [9.17, 15) is 14.9 Å². The van der Waals surface area contributed by atoms with Gasteiger partial charge in [0.1, 0.15) is 6.17 Å². The highest BCUT2D eigenvalue weighted by Gasteiger charge is 2.46. The standard InChI is InChI=1S/C25H20Cl2N4O3/c26-19-11-8-17(13-20(19)27)24-22(12-15-4-2-1-3-5-15)29-30-23(32)14-21(28-25(24)30)16-6-9-18(10-7-16)31(33)34/h1-11,13-14,22,24-25,28-29H,12H2. The molecule has 3 unspecified atom stereocenters. The molecule has 1 saturated heterocycles. The fourth-order valence-electron chi connectivity index (χ4n) is 4.57. The number of carbonyl (C=O) groups is 1. The van der Waals surface area contributed by atoms with Gasteiger partial charge in [0.15, 0.2) is 0 Å². The summed E-state index contributed by atoms with van der Waals surface area (Å²) in [6.45, 7) is 0. The van der Waals surface area contributed by atoms with Gasteiger partial charge in [-0.1, -0.05) is 59.6 Å². The van der Waals surface area contributed by atoms with Gasteiger partial charge in [-0.2, -0.15) is 0 Å². The summed E-state index contributed by atoms with van der Waals surface area (Å²) in [6, 6.07) is 21.6. The highest BCUT2D eigenvalue weighted by molar-refractivity contribution is 6.42. The molecule has 1 amide bonds. The molecule has 0 spiro atoms. The minimum atomic E-state index is -0.450. The van der Waals surface area contributed by atoms with E-state index in [4.69, 9.17) is 23.2 Å². The summed E-state index contributed by atoms with van der Waals surface area (Å²) in [4.78, 5) is 23.7. The first kappa shape index (κ1) is 22.4. The number of hydrogen-bond donors (Lipinski definition) is 2. The number of nitrogens with zero attached hydrogens (tertiary/aromatic N) is 2. The van der Waals surface area contributed by atoms with Crippen LogP contribution >= 0.6 is 23.2 Å². The maximum absolute atomic E-state index is 13.1. The molecule has 0 bridgehead atoms. The van der Waals surface area contributed by atoms with Gasteiger partial charge in [0, 0.05) is 35.9 Å². The lowest BCUT2D eigenvalue weighted by Gasteiger charge is -2.33. The molecule has 0 saturated carbocycles. The molecule has 7 nitrogen and oxygen atoms in total. The van der Waals surface area contributed by atoms with Gasteiger partial charge < -0.3 is 5.32 Å². The van der Waals surface area contributed by atoms with E-state index in [0.717, 1.165) is 11.1 Å². The number of hydrogen-bond acceptors (Lipinski definition) is 5. The van der Waals surface area contributed by atoms with Gasteiger partial charge in [-0.15, -0.1) is 0 Å². The normalized spacial score (nSPS) is 21.6. The minimum absolute atomic E-state index is 0.00717. The Hall–Kier alpha value is -3.39. The van der Waals surface area contributed by atoms with Crippen molar-refractivity contribution < 1.29 is 9.72 Å². The first-order chi connectivity index (χ1) is 16.4. The third-order valence-electron chi connectivity index (χ3n) is 6.18. The largest absolute Gasteiger partial charge is 0.363 e. The molecule has 2 aliphatic rings. The molecule has 1 fully saturated rings. The Bertz CT molecular complexity index is 1280. The van der Waals surface area contributed by atoms with Crippen molar-refractivity contribution in [1.82, 2.24) is 15.8 Å². The summed E-state index contributed by atoms with van der Waals surface area (Å²) in [7, 11) is 0. The van der Waals surface area contributed by atoms with Crippen molar-refractivity contribution >= 4 is 40.5 Å². The quantitative estimate of drug-likeness (QED) is 0.388. The number of rotatable bonds is 5. The topological polar surface area (TPSA) is 87.5 Å². The van der Waals surface area contributed by atoms with E-state index in [0.29, 0.717) is 27.7 Å². The number of nitro benzene ring substituents is 1. The number of halogens is 2. The van der Waals surface area contributed by atoms with E-state index < -0.39 is 11.1 Å². The lowest BCUT2D eigenvalue weighted by molar-refractivity contribution is -0.384. The smallest absolute Gasteiger partial charge is 0.269 e.